The predicted molar refractivity (Wildman–Crippen MR) is 109 cm³/mol. The van der Waals surface area contributed by atoms with Gasteiger partial charge in [-0.1, -0.05) is 0 Å². The Morgan fingerprint density at radius 2 is 1.71 bits per heavy atom. The van der Waals surface area contributed by atoms with Gasteiger partial charge in [-0.2, -0.15) is 0 Å². The second-order valence-corrected chi connectivity index (χ2v) is 11.7. The summed E-state index contributed by atoms with van der Waals surface area (Å²) < 4.78 is 51.4. The quantitative estimate of drug-likeness (QED) is 0.736. The Labute approximate surface area is 168 Å². The maximum atomic E-state index is 12.7. The minimum atomic E-state index is -3.62. The zero-order chi connectivity index (χ0) is 21.3. The van der Waals surface area contributed by atoms with Crippen LogP contribution in [0.4, 0.5) is 5.69 Å². The lowest BCUT2D eigenvalue weighted by molar-refractivity contribution is -0.120. The van der Waals surface area contributed by atoms with Crippen LogP contribution >= 0.6 is 0 Å². The van der Waals surface area contributed by atoms with Crippen LogP contribution in [0.3, 0.4) is 0 Å². The maximum absolute atomic E-state index is 12.7. The molecule has 28 heavy (non-hydrogen) atoms. The molecule has 0 spiro atoms. The molecule has 0 bridgehead atoms. The molecule has 1 amide bonds. The van der Waals surface area contributed by atoms with Gasteiger partial charge in [0.2, 0.25) is 26.0 Å². The van der Waals surface area contributed by atoms with Crippen LogP contribution in [0, 0.1) is 19.8 Å². The number of piperidine rings is 1. The second-order valence-electron chi connectivity index (χ2n) is 7.26. The van der Waals surface area contributed by atoms with Gasteiger partial charge in [0.05, 0.1) is 10.6 Å². The van der Waals surface area contributed by atoms with Crippen LogP contribution in [0.25, 0.3) is 0 Å². The summed E-state index contributed by atoms with van der Waals surface area (Å²) >= 11 is 0. The molecule has 0 aliphatic carbocycles. The minimum Gasteiger partial charge on any atom is -0.326 e. The van der Waals surface area contributed by atoms with E-state index < -0.39 is 20.0 Å². The van der Waals surface area contributed by atoms with E-state index >= 15 is 0 Å². The standard InChI is InChI=1S/C18H29N3O5S2/c1-6-27(23,24)21-9-7-15(8-10-21)18(22)19-17-12-16(11-13(2)14(17)3)28(25,26)20(4)5/h11-12,15H,6-10H2,1-5H3,(H,19,22). The van der Waals surface area contributed by atoms with Crippen LogP contribution in [0.1, 0.15) is 30.9 Å². The molecule has 1 aromatic rings. The van der Waals surface area contributed by atoms with E-state index in [0.717, 1.165) is 15.4 Å². The lowest BCUT2D eigenvalue weighted by Gasteiger charge is -2.30. The molecule has 1 saturated heterocycles. The number of hydrogen-bond acceptors (Lipinski definition) is 5. The third-order valence-electron chi connectivity index (χ3n) is 5.26. The smallest absolute Gasteiger partial charge is 0.242 e. The van der Waals surface area contributed by atoms with Gasteiger partial charge < -0.3 is 5.32 Å². The molecule has 0 radical (unpaired) electrons. The van der Waals surface area contributed by atoms with E-state index in [9.17, 15) is 21.6 Å². The van der Waals surface area contributed by atoms with Gasteiger partial charge in [0.1, 0.15) is 0 Å². The van der Waals surface area contributed by atoms with Crippen molar-refractivity contribution in [3.05, 3.63) is 23.3 Å². The van der Waals surface area contributed by atoms with Gasteiger partial charge in [0.25, 0.3) is 0 Å². The molecule has 0 saturated carbocycles. The normalized spacial score (nSPS) is 17.1. The number of nitrogens with zero attached hydrogens (tertiary/aromatic N) is 2. The van der Waals surface area contributed by atoms with Gasteiger partial charge in [0.15, 0.2) is 0 Å². The molecule has 1 aliphatic heterocycles. The van der Waals surface area contributed by atoms with Crippen LogP contribution in [0.2, 0.25) is 0 Å². The van der Waals surface area contributed by atoms with Crippen molar-refractivity contribution >= 4 is 31.6 Å². The molecule has 10 heteroatoms. The lowest BCUT2D eigenvalue weighted by Crippen LogP contribution is -2.42. The van der Waals surface area contributed by atoms with E-state index in [0.29, 0.717) is 31.6 Å². The molecule has 0 atom stereocenters. The number of hydrogen-bond donors (Lipinski definition) is 1. The number of benzene rings is 1. The number of aryl methyl sites for hydroxylation is 1. The molecule has 8 nitrogen and oxygen atoms in total. The Bertz CT molecular complexity index is 948. The first-order valence-corrected chi connectivity index (χ1v) is 12.3. The first kappa shape index (κ1) is 22.8. The van der Waals surface area contributed by atoms with Crippen molar-refractivity contribution in [2.45, 2.75) is 38.5 Å². The Balaban J connectivity index is 2.18. The van der Waals surface area contributed by atoms with Crippen molar-refractivity contribution < 1.29 is 21.6 Å². The Morgan fingerprint density at radius 1 is 1.14 bits per heavy atom. The Hall–Kier alpha value is -1.49. The van der Waals surface area contributed by atoms with E-state index in [2.05, 4.69) is 5.32 Å². The molecule has 1 fully saturated rings. The molecule has 158 valence electrons. The average molecular weight is 432 g/mol. The fourth-order valence-corrected chi connectivity index (χ4v) is 5.28. The summed E-state index contributed by atoms with van der Waals surface area (Å²) in [5.74, 6) is -0.470. The lowest BCUT2D eigenvalue weighted by atomic mass is 9.97. The third-order valence-corrected chi connectivity index (χ3v) is 8.93. The van der Waals surface area contributed by atoms with Gasteiger partial charge in [-0.25, -0.2) is 25.4 Å². The molecule has 0 unspecified atom stereocenters. The molecule has 2 rings (SSSR count). The maximum Gasteiger partial charge on any atom is 0.242 e. The minimum absolute atomic E-state index is 0.0511. The van der Waals surface area contributed by atoms with Crippen molar-refractivity contribution in [1.29, 1.82) is 0 Å². The molecular formula is C18H29N3O5S2. The highest BCUT2D eigenvalue weighted by Crippen LogP contribution is 2.27. The van der Waals surface area contributed by atoms with Gasteiger partial charge in [0, 0.05) is 38.8 Å². The summed E-state index contributed by atoms with van der Waals surface area (Å²) in [5, 5.41) is 2.85. The van der Waals surface area contributed by atoms with Crippen LogP contribution in [-0.4, -0.2) is 64.3 Å². The zero-order valence-electron chi connectivity index (χ0n) is 17.0. The van der Waals surface area contributed by atoms with Crippen LogP contribution in [-0.2, 0) is 24.8 Å². The average Bonchev–Trinajstić information content (AvgIpc) is 2.65. The van der Waals surface area contributed by atoms with Crippen molar-refractivity contribution in [3.63, 3.8) is 0 Å². The Kier molecular flexibility index (Phi) is 6.90. The topological polar surface area (TPSA) is 104 Å². The molecular weight excluding hydrogens is 402 g/mol. The number of carbonyl (C=O) groups excluding carboxylic acids is 1. The van der Waals surface area contributed by atoms with E-state index in [1.807, 2.05) is 6.92 Å². The number of carbonyl (C=O) groups is 1. The van der Waals surface area contributed by atoms with E-state index in [1.165, 1.54) is 24.5 Å². The third kappa shape index (κ3) is 4.73. The molecule has 1 heterocycles. The largest absolute Gasteiger partial charge is 0.326 e. The highest BCUT2D eigenvalue weighted by atomic mass is 32.2. The summed E-state index contributed by atoms with van der Waals surface area (Å²) in [6.45, 7) is 5.87. The van der Waals surface area contributed by atoms with Crippen LogP contribution in [0.15, 0.2) is 17.0 Å². The predicted octanol–water partition coefficient (Wildman–Crippen LogP) is 1.55. The fourth-order valence-electron chi connectivity index (χ4n) is 3.13. The molecule has 0 aromatic heterocycles. The number of amides is 1. The summed E-state index contributed by atoms with van der Waals surface area (Å²) in [7, 11) is -3.94. The molecule has 1 aliphatic rings. The SMILES string of the molecule is CCS(=O)(=O)N1CCC(C(=O)Nc2cc(S(=O)(=O)N(C)C)cc(C)c2C)CC1. The number of anilines is 1. The first-order chi connectivity index (χ1) is 12.9. The van der Waals surface area contributed by atoms with Gasteiger partial charge in [-0.3, -0.25) is 4.79 Å². The first-order valence-electron chi connectivity index (χ1n) is 9.22. The van der Waals surface area contributed by atoms with Crippen LogP contribution in [0.5, 0.6) is 0 Å². The number of rotatable bonds is 6. The number of nitrogens with one attached hydrogen (secondary N) is 1. The summed E-state index contributed by atoms with van der Waals surface area (Å²) in [6, 6.07) is 3.07. The van der Waals surface area contributed by atoms with E-state index in [1.54, 1.807) is 19.9 Å². The molecule has 1 aromatic carbocycles. The molecule has 1 N–H and O–H groups in total. The van der Waals surface area contributed by atoms with Crippen molar-refractivity contribution in [2.24, 2.45) is 5.92 Å². The van der Waals surface area contributed by atoms with Crippen molar-refractivity contribution in [3.8, 4) is 0 Å². The van der Waals surface area contributed by atoms with E-state index in [4.69, 9.17) is 0 Å². The highest BCUT2D eigenvalue weighted by molar-refractivity contribution is 7.89. The van der Waals surface area contributed by atoms with Gasteiger partial charge >= 0.3 is 0 Å². The zero-order valence-corrected chi connectivity index (χ0v) is 18.7. The number of sulfonamides is 2. The van der Waals surface area contributed by atoms with Gasteiger partial charge in [-0.05, 0) is 56.9 Å². The van der Waals surface area contributed by atoms with Gasteiger partial charge in [-0.15, -0.1) is 0 Å². The second kappa shape index (κ2) is 8.48. The van der Waals surface area contributed by atoms with Crippen molar-refractivity contribution in [2.75, 3.05) is 38.3 Å². The van der Waals surface area contributed by atoms with E-state index in [-0.39, 0.29) is 22.5 Å². The van der Waals surface area contributed by atoms with Crippen molar-refractivity contribution in [1.82, 2.24) is 8.61 Å². The Morgan fingerprint density at radius 3 is 2.21 bits per heavy atom. The fraction of sp³-hybridized carbons (Fsp3) is 0.611. The highest BCUT2D eigenvalue weighted by Gasteiger charge is 2.30. The van der Waals surface area contributed by atoms with Crippen LogP contribution < -0.4 is 5.32 Å². The summed E-state index contributed by atoms with van der Waals surface area (Å²) in [6.07, 6.45) is 0.886. The summed E-state index contributed by atoms with van der Waals surface area (Å²) in [5.41, 5.74) is 2.04. The monoisotopic (exact) mass is 431 g/mol. The summed E-state index contributed by atoms with van der Waals surface area (Å²) in [4.78, 5) is 12.8.